The molecule has 7 aromatic carbocycles. The molecule has 10 heteroatoms. The van der Waals surface area contributed by atoms with Crippen LogP contribution in [-0.4, -0.2) is 36.8 Å². The number of benzene rings is 7. The third-order valence-corrected chi connectivity index (χ3v) is 16.8. The van der Waals surface area contributed by atoms with E-state index in [9.17, 15) is 19.2 Å². The third kappa shape index (κ3) is 15.0. The van der Waals surface area contributed by atoms with Gasteiger partial charge in [0.05, 0.1) is 28.9 Å². The molecule has 1 aliphatic heterocycles. The fraction of sp³-hybridized carbons (Fsp3) is 0.316. The van der Waals surface area contributed by atoms with Crippen molar-refractivity contribution in [1.82, 2.24) is 0 Å². The van der Waals surface area contributed by atoms with Gasteiger partial charge in [-0.05, 0) is 188 Å². The number of ether oxygens (including phenoxy) is 6. The van der Waals surface area contributed by atoms with Gasteiger partial charge in [0.2, 0.25) is 6.29 Å². The molecule has 2 aliphatic carbocycles. The first kappa shape index (κ1) is 61.8. The Morgan fingerprint density at radius 3 is 1.59 bits per heavy atom. The molecule has 0 saturated carbocycles. The van der Waals surface area contributed by atoms with E-state index in [1.165, 1.54) is 22.3 Å². The first-order valence-electron chi connectivity index (χ1n) is 30.3. The van der Waals surface area contributed by atoms with Crippen LogP contribution in [0.2, 0.25) is 0 Å². The smallest absolute Gasteiger partial charge is 0.343 e. The zero-order chi connectivity index (χ0) is 60.9. The van der Waals surface area contributed by atoms with Crippen LogP contribution in [0.3, 0.4) is 0 Å². The summed E-state index contributed by atoms with van der Waals surface area (Å²) in [6.45, 7) is 21.2. The Hall–Kier alpha value is -8.76. The van der Waals surface area contributed by atoms with E-state index in [1.807, 2.05) is 92.7 Å². The van der Waals surface area contributed by atoms with Crippen LogP contribution in [0.1, 0.15) is 197 Å². The van der Waals surface area contributed by atoms with Crippen molar-refractivity contribution < 1.29 is 47.6 Å². The molecule has 444 valence electrons. The summed E-state index contributed by atoms with van der Waals surface area (Å²) in [5.41, 5.74) is 11.3. The molecule has 1 unspecified atom stereocenters. The summed E-state index contributed by atoms with van der Waals surface area (Å²) in [6, 6.07) is 49.9. The zero-order valence-corrected chi connectivity index (χ0v) is 50.9. The summed E-state index contributed by atoms with van der Waals surface area (Å²) in [5, 5.41) is 0. The number of allylic oxidation sites excluding steroid dienone is 4. The second-order valence-electron chi connectivity index (χ2n) is 23.6. The van der Waals surface area contributed by atoms with Gasteiger partial charge in [-0.25, -0.2) is 19.2 Å². The van der Waals surface area contributed by atoms with Gasteiger partial charge in [-0.3, -0.25) is 0 Å². The first-order valence-corrected chi connectivity index (χ1v) is 30.3. The largest absolute Gasteiger partial charge is 0.462 e. The van der Waals surface area contributed by atoms with Gasteiger partial charge in [0, 0.05) is 34.1 Å². The van der Waals surface area contributed by atoms with Crippen molar-refractivity contribution in [2.24, 2.45) is 11.8 Å². The Morgan fingerprint density at radius 1 is 0.547 bits per heavy atom. The average molecular weight is 1150 g/mol. The predicted molar refractivity (Wildman–Crippen MR) is 339 cm³/mol. The van der Waals surface area contributed by atoms with E-state index in [0.29, 0.717) is 39.5 Å². The van der Waals surface area contributed by atoms with Crippen LogP contribution in [0, 0.1) is 25.7 Å². The number of rotatable bonds is 19. The lowest BCUT2D eigenvalue weighted by molar-refractivity contribution is -0.101. The molecule has 10 nitrogen and oxygen atoms in total. The number of fused-ring (bicyclic) bond motifs is 1. The van der Waals surface area contributed by atoms with Crippen molar-refractivity contribution in [3.05, 3.63) is 255 Å². The van der Waals surface area contributed by atoms with E-state index in [0.717, 1.165) is 85.1 Å². The van der Waals surface area contributed by atoms with Crippen molar-refractivity contribution in [1.29, 1.82) is 0 Å². The summed E-state index contributed by atoms with van der Waals surface area (Å²) >= 11 is 0. The highest BCUT2D eigenvalue weighted by molar-refractivity contribution is 5.94. The molecule has 1 heterocycles. The van der Waals surface area contributed by atoms with Gasteiger partial charge < -0.3 is 28.4 Å². The van der Waals surface area contributed by atoms with Crippen LogP contribution in [-0.2, 0) is 9.47 Å². The maximum atomic E-state index is 13.5. The minimum absolute atomic E-state index is 0.0132. The fourth-order valence-corrected chi connectivity index (χ4v) is 12.4. The molecule has 0 aromatic heterocycles. The number of hydrogen-bond acceptors (Lipinski definition) is 10. The molecule has 0 saturated heterocycles. The van der Waals surface area contributed by atoms with Crippen LogP contribution in [0.5, 0.6) is 23.0 Å². The van der Waals surface area contributed by atoms with Crippen molar-refractivity contribution in [2.75, 3.05) is 6.61 Å². The highest BCUT2D eigenvalue weighted by Crippen LogP contribution is 2.57. The van der Waals surface area contributed by atoms with Crippen LogP contribution < -0.4 is 18.9 Å². The Morgan fingerprint density at radius 2 is 1.03 bits per heavy atom. The van der Waals surface area contributed by atoms with Gasteiger partial charge in [0.1, 0.15) is 17.3 Å². The lowest BCUT2D eigenvalue weighted by Gasteiger charge is -2.44. The lowest BCUT2D eigenvalue weighted by atomic mass is 9.68. The maximum Gasteiger partial charge on any atom is 0.343 e. The molecule has 0 fully saturated rings. The molecule has 0 radical (unpaired) electrons. The molecular formula is C76H80O10. The number of aryl methyl sites for hydroxylation is 2. The topological polar surface area (TPSA) is 124 Å². The minimum Gasteiger partial charge on any atom is -0.462 e. The van der Waals surface area contributed by atoms with E-state index in [1.54, 1.807) is 72.8 Å². The van der Waals surface area contributed by atoms with Gasteiger partial charge in [0.15, 0.2) is 11.5 Å². The van der Waals surface area contributed by atoms with Crippen LogP contribution in [0.4, 0.5) is 0 Å². The Kier molecular flexibility index (Phi) is 20.8. The molecule has 10 rings (SSSR count). The number of carbonyl (C=O) groups is 4. The molecule has 0 amide bonds. The molecule has 7 atom stereocenters. The number of carbonyl (C=O) groups excluding carboxylic acids is 4. The van der Waals surface area contributed by atoms with Crippen molar-refractivity contribution in [3.8, 4) is 23.0 Å². The summed E-state index contributed by atoms with van der Waals surface area (Å²) in [7, 11) is 0. The van der Waals surface area contributed by atoms with E-state index in [-0.39, 0.29) is 59.6 Å². The van der Waals surface area contributed by atoms with Crippen molar-refractivity contribution >= 4 is 29.6 Å². The summed E-state index contributed by atoms with van der Waals surface area (Å²) in [6.07, 6.45) is 11.0. The molecule has 86 heavy (non-hydrogen) atoms. The number of hydrogen-bond donors (Lipinski definition) is 0. The van der Waals surface area contributed by atoms with Crippen LogP contribution in [0.15, 0.2) is 194 Å². The minimum atomic E-state index is -0.647. The zero-order valence-electron chi connectivity index (χ0n) is 50.9. The lowest BCUT2D eigenvalue weighted by Crippen LogP contribution is -2.41. The van der Waals surface area contributed by atoms with Gasteiger partial charge in [-0.2, -0.15) is 0 Å². The van der Waals surface area contributed by atoms with Crippen molar-refractivity contribution in [2.45, 2.75) is 137 Å². The average Bonchev–Trinajstić information content (AvgIpc) is 0.819. The summed E-state index contributed by atoms with van der Waals surface area (Å²) in [4.78, 5) is 53.0. The van der Waals surface area contributed by atoms with Gasteiger partial charge in [-0.15, -0.1) is 0 Å². The van der Waals surface area contributed by atoms with E-state index >= 15 is 0 Å². The van der Waals surface area contributed by atoms with E-state index < -0.39 is 18.2 Å². The van der Waals surface area contributed by atoms with E-state index in [4.69, 9.17) is 28.4 Å². The monoisotopic (exact) mass is 1150 g/mol. The normalized spacial score (nSPS) is 18.3. The highest BCUT2D eigenvalue weighted by Gasteiger charge is 2.46. The summed E-state index contributed by atoms with van der Waals surface area (Å²) < 4.78 is 37.4. The highest BCUT2D eigenvalue weighted by atomic mass is 16.7. The van der Waals surface area contributed by atoms with Gasteiger partial charge in [0.25, 0.3) is 0 Å². The molecule has 0 bridgehead atoms. The van der Waals surface area contributed by atoms with Crippen molar-refractivity contribution in [3.63, 3.8) is 0 Å². The Labute approximate surface area is 507 Å². The SMILES string of the molecule is C=C(Oc1cc(C)c2c3c1[C@H](C)CC[C@H]3[C@H](CCC=C(C)C)C(OC(=O)c1ccccc1)O2)c1ccccc1.CC(C)=CCC[C@H](COC(=O)c1ccccc1)[C@@H]1CC[C@@H](C)c2c1cc(C)c(OC(=O)c1ccccc1)c2OC(=O)c1ccccc1. The third-order valence-electron chi connectivity index (χ3n) is 16.8. The maximum absolute atomic E-state index is 13.5. The predicted octanol–water partition coefficient (Wildman–Crippen LogP) is 18.6. The van der Waals surface area contributed by atoms with E-state index in [2.05, 4.69) is 72.4 Å². The second-order valence-corrected chi connectivity index (χ2v) is 23.6. The molecule has 3 aliphatic rings. The molecule has 0 N–H and O–H groups in total. The second kappa shape index (κ2) is 28.9. The van der Waals surface area contributed by atoms with Crippen LogP contribution >= 0.6 is 0 Å². The fourth-order valence-electron chi connectivity index (χ4n) is 12.4. The standard InChI is InChI=1S/C41H42O6.C35H38O4/c1-27(2)15-14-22-33(26-45-39(42)30-16-8-5-9-17-30)34-24-23-28(3)36-35(34)25-29(4)37(46-40(43)31-18-10-6-11-19-31)38(36)47-41(44)32-20-12-7-13-21-32;1-22(2)13-12-18-29-28-20-19-23(3)31-30(37-25(5)26-14-8-6-9-15-26)21-24(4)33(32(28)31)38-35(29)39-34(36)27-16-10-7-11-17-27/h5-13,15-21,25,28,33-34H,14,22-24,26H2,1-4H3;6-11,13-17,21,23,28-29,35H,5,12,18-20H2,1-4H3/t28-,33-,34+;23-,28+,29+,35?/m11/s1. The Bertz CT molecular complexity index is 3560. The Balaban J connectivity index is 0.000000209. The molecule has 7 aromatic rings. The van der Waals surface area contributed by atoms with Crippen LogP contribution in [0.25, 0.3) is 5.76 Å². The molecule has 0 spiro atoms. The summed E-state index contributed by atoms with van der Waals surface area (Å²) in [5.74, 6) is 1.73. The van der Waals surface area contributed by atoms with Gasteiger partial charge >= 0.3 is 23.9 Å². The first-order chi connectivity index (χ1) is 41.6. The molecular weight excluding hydrogens is 1070 g/mol. The van der Waals surface area contributed by atoms with Gasteiger partial charge in [-0.1, -0.05) is 153 Å². The quantitative estimate of drug-likeness (QED) is 0.0335. The number of esters is 4.